The molecule has 0 amide bonds. The molecule has 1 N–H and O–H groups in total. The minimum absolute atomic E-state index is 0.637. The van der Waals surface area contributed by atoms with E-state index >= 15 is 0 Å². The quantitative estimate of drug-likeness (QED) is 0.880. The molecule has 2 aliphatic heterocycles. The molecule has 0 atom stereocenters. The van der Waals surface area contributed by atoms with Gasteiger partial charge >= 0.3 is 0 Å². The maximum absolute atomic E-state index is 5.51. The summed E-state index contributed by atoms with van der Waals surface area (Å²) in [6.45, 7) is 6.55. The summed E-state index contributed by atoms with van der Waals surface area (Å²) in [7, 11) is 0. The van der Waals surface area contributed by atoms with Crippen molar-refractivity contribution in [3.8, 4) is 0 Å². The van der Waals surface area contributed by atoms with Gasteiger partial charge in [-0.2, -0.15) is 4.98 Å². The van der Waals surface area contributed by atoms with Gasteiger partial charge in [0.25, 0.3) is 0 Å². The van der Waals surface area contributed by atoms with Crippen LogP contribution in [0.3, 0.4) is 0 Å². The molecule has 0 unspecified atom stereocenters. The molecule has 0 aliphatic carbocycles. The molecule has 18 heavy (non-hydrogen) atoms. The van der Waals surface area contributed by atoms with Crippen LogP contribution >= 0.6 is 0 Å². The van der Waals surface area contributed by atoms with Gasteiger partial charge in [-0.1, -0.05) is 0 Å². The van der Waals surface area contributed by atoms with E-state index in [0.29, 0.717) is 6.61 Å². The third-order valence-corrected chi connectivity index (χ3v) is 3.54. The van der Waals surface area contributed by atoms with E-state index in [1.165, 1.54) is 12.8 Å². The third kappa shape index (κ3) is 2.14. The van der Waals surface area contributed by atoms with E-state index in [-0.39, 0.29) is 0 Å². The van der Waals surface area contributed by atoms with Crippen LogP contribution in [-0.4, -0.2) is 36.2 Å². The smallest absolute Gasteiger partial charge is 0.227 e. The molecule has 5 nitrogen and oxygen atoms in total. The average molecular weight is 248 g/mol. The van der Waals surface area contributed by atoms with Crippen LogP contribution in [0.25, 0.3) is 0 Å². The molecular weight excluding hydrogens is 228 g/mol. The van der Waals surface area contributed by atoms with Gasteiger partial charge in [-0.05, 0) is 19.8 Å². The number of fused-ring (bicyclic) bond motifs is 1. The number of hydrogen-bond donors (Lipinski definition) is 1. The third-order valence-electron chi connectivity index (χ3n) is 3.54. The van der Waals surface area contributed by atoms with Gasteiger partial charge in [-0.15, -0.1) is 0 Å². The maximum atomic E-state index is 5.51. The summed E-state index contributed by atoms with van der Waals surface area (Å²) < 4.78 is 5.51. The van der Waals surface area contributed by atoms with Crippen LogP contribution in [0.15, 0.2) is 0 Å². The summed E-state index contributed by atoms with van der Waals surface area (Å²) in [6, 6.07) is 0. The summed E-state index contributed by atoms with van der Waals surface area (Å²) in [5, 5.41) is 3.34. The van der Waals surface area contributed by atoms with Crippen molar-refractivity contribution in [1.29, 1.82) is 0 Å². The zero-order valence-electron chi connectivity index (χ0n) is 10.9. The molecule has 0 radical (unpaired) electrons. The van der Waals surface area contributed by atoms with E-state index in [2.05, 4.69) is 22.1 Å². The van der Waals surface area contributed by atoms with Crippen LogP contribution in [0.1, 0.15) is 31.0 Å². The predicted molar refractivity (Wildman–Crippen MR) is 71.0 cm³/mol. The Morgan fingerprint density at radius 2 is 2.11 bits per heavy atom. The van der Waals surface area contributed by atoms with Crippen LogP contribution in [-0.2, 0) is 17.8 Å². The van der Waals surface area contributed by atoms with Crippen LogP contribution in [0.5, 0.6) is 0 Å². The summed E-state index contributed by atoms with van der Waals surface area (Å²) >= 11 is 0. The van der Waals surface area contributed by atoms with Crippen molar-refractivity contribution in [1.82, 2.24) is 9.97 Å². The van der Waals surface area contributed by atoms with Crippen molar-refractivity contribution in [3.63, 3.8) is 0 Å². The number of anilines is 2. The summed E-state index contributed by atoms with van der Waals surface area (Å²) in [5.74, 6) is 1.85. The molecule has 98 valence electrons. The first kappa shape index (κ1) is 11.7. The van der Waals surface area contributed by atoms with Crippen LogP contribution in [0.4, 0.5) is 11.8 Å². The first-order chi connectivity index (χ1) is 8.88. The standard InChI is InChI=1S/C13H20N4O/c1-2-14-12-10-9-18-8-5-11(10)15-13(16-12)17-6-3-4-7-17/h2-9H2,1H3,(H,14,15,16). The molecule has 0 aromatic carbocycles. The lowest BCUT2D eigenvalue weighted by Crippen LogP contribution is -2.24. The highest BCUT2D eigenvalue weighted by Gasteiger charge is 2.21. The van der Waals surface area contributed by atoms with Crippen molar-refractivity contribution in [2.45, 2.75) is 32.8 Å². The lowest BCUT2D eigenvalue weighted by Gasteiger charge is -2.23. The highest BCUT2D eigenvalue weighted by molar-refractivity contribution is 5.52. The van der Waals surface area contributed by atoms with E-state index in [1.807, 2.05) is 0 Å². The van der Waals surface area contributed by atoms with Gasteiger partial charge in [0.2, 0.25) is 5.95 Å². The van der Waals surface area contributed by atoms with Gasteiger partial charge in [-0.3, -0.25) is 0 Å². The van der Waals surface area contributed by atoms with Crippen molar-refractivity contribution in [2.75, 3.05) is 36.5 Å². The fourth-order valence-corrected chi connectivity index (χ4v) is 2.59. The van der Waals surface area contributed by atoms with Crippen LogP contribution in [0, 0.1) is 0 Å². The molecule has 1 saturated heterocycles. The normalized spacial score (nSPS) is 18.8. The molecule has 2 aliphatic rings. The lowest BCUT2D eigenvalue weighted by molar-refractivity contribution is 0.109. The Morgan fingerprint density at radius 1 is 1.28 bits per heavy atom. The van der Waals surface area contributed by atoms with Gasteiger partial charge in [0.05, 0.1) is 18.9 Å². The Kier molecular flexibility index (Phi) is 3.32. The molecule has 1 fully saturated rings. The first-order valence-corrected chi connectivity index (χ1v) is 6.85. The van der Waals surface area contributed by atoms with Gasteiger partial charge in [-0.25, -0.2) is 4.98 Å². The molecule has 0 bridgehead atoms. The minimum Gasteiger partial charge on any atom is -0.376 e. The van der Waals surface area contributed by atoms with Crippen molar-refractivity contribution < 1.29 is 4.74 Å². The Labute approximate surface area is 108 Å². The predicted octanol–water partition coefficient (Wildman–Crippen LogP) is 1.58. The van der Waals surface area contributed by atoms with Gasteiger partial charge in [0, 0.05) is 31.6 Å². The van der Waals surface area contributed by atoms with Crippen molar-refractivity contribution in [2.24, 2.45) is 0 Å². The number of ether oxygens (including phenoxy) is 1. The highest BCUT2D eigenvalue weighted by Crippen LogP contribution is 2.26. The Balaban J connectivity index is 1.97. The fraction of sp³-hybridized carbons (Fsp3) is 0.692. The first-order valence-electron chi connectivity index (χ1n) is 6.85. The summed E-state index contributed by atoms with van der Waals surface area (Å²) in [6.07, 6.45) is 3.40. The second kappa shape index (κ2) is 5.10. The molecule has 0 saturated carbocycles. The lowest BCUT2D eigenvalue weighted by atomic mass is 10.1. The number of aromatic nitrogens is 2. The molecule has 3 rings (SSSR count). The summed E-state index contributed by atoms with van der Waals surface area (Å²) in [4.78, 5) is 11.7. The second-order valence-corrected chi connectivity index (χ2v) is 4.82. The molecule has 1 aromatic heterocycles. The van der Waals surface area contributed by atoms with Crippen LogP contribution in [0.2, 0.25) is 0 Å². The van der Waals surface area contributed by atoms with Gasteiger partial charge < -0.3 is 15.0 Å². The molecule has 0 spiro atoms. The minimum atomic E-state index is 0.637. The van der Waals surface area contributed by atoms with Crippen molar-refractivity contribution in [3.05, 3.63) is 11.3 Å². The molecular formula is C13H20N4O. The van der Waals surface area contributed by atoms with E-state index in [4.69, 9.17) is 9.72 Å². The monoisotopic (exact) mass is 248 g/mol. The van der Waals surface area contributed by atoms with Crippen LogP contribution < -0.4 is 10.2 Å². The number of hydrogen-bond acceptors (Lipinski definition) is 5. The Morgan fingerprint density at radius 3 is 2.89 bits per heavy atom. The maximum Gasteiger partial charge on any atom is 0.227 e. The second-order valence-electron chi connectivity index (χ2n) is 4.82. The topological polar surface area (TPSA) is 50.3 Å². The van der Waals surface area contributed by atoms with Gasteiger partial charge in [0.1, 0.15) is 5.82 Å². The molecule has 1 aromatic rings. The molecule has 5 heteroatoms. The Hall–Kier alpha value is -1.36. The number of nitrogens with one attached hydrogen (secondary N) is 1. The van der Waals surface area contributed by atoms with E-state index < -0.39 is 0 Å². The zero-order chi connectivity index (χ0) is 12.4. The van der Waals surface area contributed by atoms with E-state index in [1.54, 1.807) is 0 Å². The average Bonchev–Trinajstić information content (AvgIpc) is 2.93. The SMILES string of the molecule is CCNc1nc(N2CCCC2)nc2c1COCC2. The fourth-order valence-electron chi connectivity index (χ4n) is 2.59. The Bertz CT molecular complexity index is 429. The van der Waals surface area contributed by atoms with E-state index in [0.717, 1.165) is 55.7 Å². The zero-order valence-corrected chi connectivity index (χ0v) is 10.9. The number of nitrogens with zero attached hydrogens (tertiary/aromatic N) is 3. The summed E-state index contributed by atoms with van der Waals surface area (Å²) in [5.41, 5.74) is 2.31. The largest absolute Gasteiger partial charge is 0.376 e. The number of rotatable bonds is 3. The highest BCUT2D eigenvalue weighted by atomic mass is 16.5. The van der Waals surface area contributed by atoms with E-state index in [9.17, 15) is 0 Å². The molecule has 3 heterocycles. The van der Waals surface area contributed by atoms with Crippen molar-refractivity contribution >= 4 is 11.8 Å². The van der Waals surface area contributed by atoms with Gasteiger partial charge in [0.15, 0.2) is 0 Å².